The van der Waals surface area contributed by atoms with E-state index in [9.17, 15) is 18.3 Å². The number of benzene rings is 2. The first-order valence-corrected chi connectivity index (χ1v) is 7.99. The molecule has 0 aliphatic heterocycles. The van der Waals surface area contributed by atoms with E-state index in [-0.39, 0.29) is 17.3 Å². The van der Waals surface area contributed by atoms with E-state index in [2.05, 4.69) is 9.44 Å². The molecule has 2 aromatic carbocycles. The van der Waals surface area contributed by atoms with Crippen molar-refractivity contribution in [1.82, 2.24) is 4.72 Å². The molecule has 0 amide bonds. The molecule has 0 saturated heterocycles. The minimum Gasteiger partial charge on any atom is -0.478 e. The van der Waals surface area contributed by atoms with Crippen LogP contribution in [0.25, 0.3) is 10.8 Å². The van der Waals surface area contributed by atoms with Crippen LogP contribution >= 0.6 is 0 Å². The van der Waals surface area contributed by atoms with E-state index in [1.54, 1.807) is 18.2 Å². The van der Waals surface area contributed by atoms with Crippen LogP contribution < -0.4 is 9.44 Å². The van der Waals surface area contributed by atoms with E-state index in [1.165, 1.54) is 12.1 Å². The van der Waals surface area contributed by atoms with Gasteiger partial charge in [0.1, 0.15) is 0 Å². The molecule has 3 N–H and O–H groups in total. The van der Waals surface area contributed by atoms with Crippen molar-refractivity contribution in [2.75, 3.05) is 4.72 Å². The van der Waals surface area contributed by atoms with Crippen molar-refractivity contribution in [3.8, 4) is 0 Å². The molecule has 0 radical (unpaired) electrons. The topological polar surface area (TPSA) is 95.5 Å². The molecule has 0 unspecified atom stereocenters. The Morgan fingerprint density at radius 2 is 1.76 bits per heavy atom. The highest BCUT2D eigenvalue weighted by atomic mass is 32.2. The average molecular weight is 306 g/mol. The summed E-state index contributed by atoms with van der Waals surface area (Å²) in [5, 5.41) is 10.8. The third-order valence-electron chi connectivity index (χ3n) is 3.26. The second-order valence-corrected chi connectivity index (χ2v) is 6.49. The number of carbonyl (C=O) groups is 1. The van der Waals surface area contributed by atoms with Crippen molar-refractivity contribution in [1.29, 1.82) is 0 Å². The minimum absolute atomic E-state index is 0.0452. The Kier molecular flexibility index (Phi) is 3.30. The molecule has 0 atom stereocenters. The summed E-state index contributed by atoms with van der Waals surface area (Å²) < 4.78 is 28.7. The second-order valence-electron chi connectivity index (χ2n) is 5.05. The van der Waals surface area contributed by atoms with Gasteiger partial charge in [-0.25, -0.2) is 4.79 Å². The van der Waals surface area contributed by atoms with Crippen LogP contribution in [-0.4, -0.2) is 25.5 Å². The average Bonchev–Trinajstić information content (AvgIpc) is 3.20. The molecule has 0 heterocycles. The number of rotatable bonds is 5. The van der Waals surface area contributed by atoms with E-state index in [0.717, 1.165) is 23.6 Å². The molecule has 7 heteroatoms. The van der Waals surface area contributed by atoms with Gasteiger partial charge in [0.15, 0.2) is 0 Å². The molecule has 0 aromatic heterocycles. The summed E-state index contributed by atoms with van der Waals surface area (Å²) >= 11 is 0. The smallest absolute Gasteiger partial charge is 0.337 e. The number of anilines is 1. The molecule has 1 saturated carbocycles. The van der Waals surface area contributed by atoms with Gasteiger partial charge in [-0.3, -0.25) is 4.72 Å². The van der Waals surface area contributed by atoms with E-state index in [0.29, 0.717) is 0 Å². The van der Waals surface area contributed by atoms with Gasteiger partial charge in [0, 0.05) is 6.04 Å². The van der Waals surface area contributed by atoms with E-state index in [1.807, 2.05) is 6.07 Å². The Morgan fingerprint density at radius 1 is 1.14 bits per heavy atom. The van der Waals surface area contributed by atoms with Crippen LogP contribution in [0.5, 0.6) is 0 Å². The molecular formula is C14H14N2O4S. The van der Waals surface area contributed by atoms with Crippen molar-refractivity contribution in [3.63, 3.8) is 0 Å². The fourth-order valence-electron chi connectivity index (χ4n) is 2.10. The van der Waals surface area contributed by atoms with Gasteiger partial charge in [0.25, 0.3) is 10.2 Å². The zero-order valence-corrected chi connectivity index (χ0v) is 11.9. The fraction of sp³-hybridized carbons (Fsp3) is 0.214. The van der Waals surface area contributed by atoms with Crippen LogP contribution in [0.4, 0.5) is 5.69 Å². The van der Waals surface area contributed by atoms with Gasteiger partial charge in [0.2, 0.25) is 0 Å². The highest BCUT2D eigenvalue weighted by molar-refractivity contribution is 7.90. The van der Waals surface area contributed by atoms with Crippen molar-refractivity contribution in [3.05, 3.63) is 42.0 Å². The number of hydrogen-bond donors (Lipinski definition) is 3. The summed E-state index contributed by atoms with van der Waals surface area (Å²) in [5.74, 6) is -1.18. The van der Waals surface area contributed by atoms with Gasteiger partial charge in [-0.2, -0.15) is 13.1 Å². The lowest BCUT2D eigenvalue weighted by Crippen LogP contribution is -2.32. The molecular weight excluding hydrogens is 292 g/mol. The van der Waals surface area contributed by atoms with Crippen LogP contribution in [0.1, 0.15) is 23.2 Å². The van der Waals surface area contributed by atoms with Crippen LogP contribution in [0.3, 0.4) is 0 Å². The largest absolute Gasteiger partial charge is 0.478 e. The van der Waals surface area contributed by atoms with Crippen LogP contribution in [-0.2, 0) is 10.2 Å². The summed E-state index contributed by atoms with van der Waals surface area (Å²) in [4.78, 5) is 11.3. The zero-order valence-electron chi connectivity index (χ0n) is 11.0. The van der Waals surface area contributed by atoms with Gasteiger partial charge in [-0.05, 0) is 35.7 Å². The van der Waals surface area contributed by atoms with Crippen molar-refractivity contribution >= 4 is 32.6 Å². The van der Waals surface area contributed by atoms with Gasteiger partial charge < -0.3 is 5.11 Å². The molecule has 3 rings (SSSR count). The van der Waals surface area contributed by atoms with Gasteiger partial charge in [-0.15, -0.1) is 0 Å². The van der Waals surface area contributed by atoms with Gasteiger partial charge >= 0.3 is 5.97 Å². The van der Waals surface area contributed by atoms with E-state index < -0.39 is 16.2 Å². The van der Waals surface area contributed by atoms with Crippen LogP contribution in [0.2, 0.25) is 0 Å². The molecule has 1 aliphatic carbocycles. The fourth-order valence-corrected chi connectivity index (χ4v) is 3.29. The van der Waals surface area contributed by atoms with E-state index in [4.69, 9.17) is 0 Å². The number of nitrogens with one attached hydrogen (secondary N) is 2. The molecule has 1 fully saturated rings. The van der Waals surface area contributed by atoms with Gasteiger partial charge in [-0.1, -0.05) is 24.3 Å². The summed E-state index contributed by atoms with van der Waals surface area (Å²) in [6, 6.07) is 10.1. The summed E-state index contributed by atoms with van der Waals surface area (Å²) in [7, 11) is -3.76. The maximum Gasteiger partial charge on any atom is 0.337 e. The van der Waals surface area contributed by atoms with Crippen molar-refractivity contribution in [2.45, 2.75) is 18.9 Å². The first-order valence-electron chi connectivity index (χ1n) is 6.51. The third-order valence-corrected chi connectivity index (χ3v) is 4.39. The normalized spacial score (nSPS) is 15.0. The molecule has 21 heavy (non-hydrogen) atoms. The first kappa shape index (κ1) is 13.8. The Hall–Kier alpha value is -2.12. The molecule has 1 aliphatic rings. The minimum atomic E-state index is -3.76. The summed E-state index contributed by atoms with van der Waals surface area (Å²) in [6.07, 6.45) is 1.62. The Balaban J connectivity index is 2.02. The predicted molar refractivity (Wildman–Crippen MR) is 79.6 cm³/mol. The maximum absolute atomic E-state index is 11.9. The van der Waals surface area contributed by atoms with Crippen molar-refractivity contribution in [2.24, 2.45) is 0 Å². The number of hydrogen-bond acceptors (Lipinski definition) is 3. The second kappa shape index (κ2) is 5.01. The van der Waals surface area contributed by atoms with E-state index >= 15 is 0 Å². The van der Waals surface area contributed by atoms with Crippen molar-refractivity contribution < 1.29 is 18.3 Å². The Labute approximate surface area is 122 Å². The Bertz CT molecular complexity index is 813. The first-order chi connectivity index (χ1) is 9.94. The highest BCUT2D eigenvalue weighted by Gasteiger charge is 2.27. The maximum atomic E-state index is 11.9. The number of fused-ring (bicyclic) bond motifs is 1. The van der Waals surface area contributed by atoms with Gasteiger partial charge in [0.05, 0.1) is 11.3 Å². The standard InChI is InChI=1S/C14H14N2O4S/c17-14(18)12-7-9-3-1-2-4-10(9)8-13(12)16-21(19,20)15-11-5-6-11/h1-4,7-8,11,15-16H,5-6H2,(H,17,18). The van der Waals surface area contributed by atoms with Crippen LogP contribution in [0.15, 0.2) is 36.4 Å². The zero-order chi connectivity index (χ0) is 15.0. The highest BCUT2D eigenvalue weighted by Crippen LogP contribution is 2.26. The molecule has 2 aromatic rings. The molecule has 6 nitrogen and oxygen atoms in total. The third kappa shape index (κ3) is 3.14. The number of carboxylic acid groups (broad SMARTS) is 1. The predicted octanol–water partition coefficient (Wildman–Crippen LogP) is 1.95. The molecule has 0 bridgehead atoms. The molecule has 110 valence electrons. The number of aromatic carboxylic acids is 1. The summed E-state index contributed by atoms with van der Waals surface area (Å²) in [6.45, 7) is 0. The monoisotopic (exact) mass is 306 g/mol. The lowest BCUT2D eigenvalue weighted by molar-refractivity contribution is 0.0698. The summed E-state index contributed by atoms with van der Waals surface area (Å²) in [5.41, 5.74) is -0.00998. The quantitative estimate of drug-likeness (QED) is 0.786. The SMILES string of the molecule is O=C(O)c1cc2ccccc2cc1NS(=O)(=O)NC1CC1. The van der Waals surface area contributed by atoms with Crippen LogP contribution in [0, 0.1) is 0 Å². The Morgan fingerprint density at radius 3 is 2.33 bits per heavy atom. The number of carboxylic acids is 1. The molecule has 0 spiro atoms. The lowest BCUT2D eigenvalue weighted by atomic mass is 10.1. The lowest BCUT2D eigenvalue weighted by Gasteiger charge is -2.12.